The normalized spacial score (nSPS) is 18.5. The number of nitrogens with one attached hydrogen (secondary N) is 2. The van der Waals surface area contributed by atoms with Crippen molar-refractivity contribution in [3.63, 3.8) is 0 Å². The van der Waals surface area contributed by atoms with Crippen LogP contribution in [0.15, 0.2) is 30.5 Å². The van der Waals surface area contributed by atoms with Crippen molar-refractivity contribution in [2.45, 2.75) is 31.7 Å². The number of rotatable bonds is 5. The van der Waals surface area contributed by atoms with Crippen molar-refractivity contribution in [1.29, 1.82) is 0 Å². The zero-order chi connectivity index (χ0) is 17.2. The average Bonchev–Trinajstić information content (AvgIpc) is 3.35. The van der Waals surface area contributed by atoms with Crippen LogP contribution in [-0.4, -0.2) is 46.7 Å². The van der Waals surface area contributed by atoms with E-state index in [0.29, 0.717) is 17.3 Å². The molecule has 0 bridgehead atoms. The second-order valence-electron chi connectivity index (χ2n) is 7.08. The Bertz CT molecular complexity index is 730. The van der Waals surface area contributed by atoms with E-state index < -0.39 is 0 Å². The minimum atomic E-state index is -0.295. The summed E-state index contributed by atoms with van der Waals surface area (Å²) in [5.41, 5.74) is 1.97. The topological polar surface area (TPSA) is 61.0 Å². The van der Waals surface area contributed by atoms with Crippen molar-refractivity contribution in [3.8, 4) is 11.3 Å². The number of hydrogen-bond donors (Lipinski definition) is 2. The van der Waals surface area contributed by atoms with Crippen molar-refractivity contribution in [2.24, 2.45) is 5.92 Å². The van der Waals surface area contributed by atoms with Crippen molar-refractivity contribution < 1.29 is 9.18 Å². The third kappa shape index (κ3) is 3.74. The maximum Gasteiger partial charge on any atom is 0.257 e. The molecule has 5 nitrogen and oxygen atoms in total. The molecule has 25 heavy (non-hydrogen) atoms. The van der Waals surface area contributed by atoms with E-state index in [-0.39, 0.29) is 11.7 Å². The van der Waals surface area contributed by atoms with Gasteiger partial charge in [0.15, 0.2) is 0 Å². The number of nitrogens with zero attached hydrogens (tertiary/aromatic N) is 2. The highest BCUT2D eigenvalue weighted by Crippen LogP contribution is 2.28. The number of H-pyrrole nitrogens is 1. The lowest BCUT2D eigenvalue weighted by atomic mass is 10.0. The van der Waals surface area contributed by atoms with Crippen LogP contribution in [0.1, 0.15) is 36.0 Å². The largest absolute Gasteiger partial charge is 0.338 e. The molecule has 132 valence electrons. The summed E-state index contributed by atoms with van der Waals surface area (Å²) in [6.07, 6.45) is 6.26. The van der Waals surface area contributed by atoms with Crippen LogP contribution in [0.25, 0.3) is 11.3 Å². The Kier molecular flexibility index (Phi) is 4.53. The first-order valence-corrected chi connectivity index (χ1v) is 9.02. The number of hydrogen-bond acceptors (Lipinski definition) is 3. The molecular formula is C19H23FN4O. The van der Waals surface area contributed by atoms with Crippen molar-refractivity contribution >= 4 is 5.91 Å². The predicted molar refractivity (Wildman–Crippen MR) is 93.6 cm³/mol. The van der Waals surface area contributed by atoms with Crippen LogP contribution in [0.5, 0.6) is 0 Å². The van der Waals surface area contributed by atoms with Gasteiger partial charge in [-0.3, -0.25) is 9.89 Å². The molecule has 1 aromatic carbocycles. The van der Waals surface area contributed by atoms with Gasteiger partial charge in [0.05, 0.1) is 17.5 Å². The third-order valence-corrected chi connectivity index (χ3v) is 5.18. The van der Waals surface area contributed by atoms with Crippen LogP contribution in [0.2, 0.25) is 0 Å². The van der Waals surface area contributed by atoms with Crippen LogP contribution >= 0.6 is 0 Å². The third-order valence-electron chi connectivity index (χ3n) is 5.18. The summed E-state index contributed by atoms with van der Waals surface area (Å²) in [5, 5.41) is 10.5. The van der Waals surface area contributed by atoms with Crippen LogP contribution in [-0.2, 0) is 0 Å². The highest BCUT2D eigenvalue weighted by Gasteiger charge is 2.28. The molecule has 1 aliphatic carbocycles. The average molecular weight is 342 g/mol. The van der Waals surface area contributed by atoms with Gasteiger partial charge in [-0.15, -0.1) is 0 Å². The minimum Gasteiger partial charge on any atom is -0.338 e. The monoisotopic (exact) mass is 342 g/mol. The molecule has 1 saturated carbocycles. The van der Waals surface area contributed by atoms with Gasteiger partial charge in [-0.05, 0) is 62.4 Å². The van der Waals surface area contributed by atoms with E-state index in [2.05, 4.69) is 15.5 Å². The van der Waals surface area contributed by atoms with Gasteiger partial charge in [0, 0.05) is 24.7 Å². The van der Waals surface area contributed by atoms with Gasteiger partial charge in [0.1, 0.15) is 5.82 Å². The molecule has 2 aromatic rings. The Morgan fingerprint density at radius 2 is 1.92 bits per heavy atom. The van der Waals surface area contributed by atoms with Gasteiger partial charge in [-0.2, -0.15) is 5.10 Å². The summed E-state index contributed by atoms with van der Waals surface area (Å²) in [5.74, 6) is 0.578. The smallest absolute Gasteiger partial charge is 0.257 e. The number of aromatic amines is 1. The number of benzene rings is 1. The summed E-state index contributed by atoms with van der Waals surface area (Å²) >= 11 is 0. The summed E-state index contributed by atoms with van der Waals surface area (Å²) < 4.78 is 13.1. The van der Waals surface area contributed by atoms with Gasteiger partial charge >= 0.3 is 0 Å². The molecular weight excluding hydrogens is 319 g/mol. The van der Waals surface area contributed by atoms with E-state index >= 15 is 0 Å². The fourth-order valence-corrected chi connectivity index (χ4v) is 3.40. The molecule has 2 heterocycles. The van der Waals surface area contributed by atoms with E-state index in [9.17, 15) is 9.18 Å². The minimum absolute atomic E-state index is 0.00582. The Hall–Kier alpha value is -2.21. The quantitative estimate of drug-likeness (QED) is 0.878. The molecule has 1 aliphatic heterocycles. The summed E-state index contributed by atoms with van der Waals surface area (Å²) in [4.78, 5) is 14.8. The van der Waals surface area contributed by atoms with E-state index in [1.165, 1.54) is 25.0 Å². The van der Waals surface area contributed by atoms with E-state index in [0.717, 1.165) is 44.0 Å². The summed E-state index contributed by atoms with van der Waals surface area (Å²) in [7, 11) is 0. The standard InChI is InChI=1S/C19H23FN4O/c20-15-5-3-14(4-6-15)18-17(12-22-23-18)19(25)24-9-7-16(8-10-24)21-11-13-1-2-13/h3-6,12-13,16,21H,1-2,7-11H2,(H,22,23). The predicted octanol–water partition coefficient (Wildman–Crippen LogP) is 2.82. The second kappa shape index (κ2) is 6.96. The van der Waals surface area contributed by atoms with Gasteiger partial charge in [0.25, 0.3) is 5.91 Å². The molecule has 2 N–H and O–H groups in total. The zero-order valence-electron chi connectivity index (χ0n) is 14.2. The molecule has 1 amide bonds. The molecule has 1 aromatic heterocycles. The first kappa shape index (κ1) is 16.3. The highest BCUT2D eigenvalue weighted by molar-refractivity contribution is 5.99. The Morgan fingerprint density at radius 3 is 2.60 bits per heavy atom. The van der Waals surface area contributed by atoms with Gasteiger partial charge in [-0.25, -0.2) is 4.39 Å². The van der Waals surface area contributed by atoms with Crippen LogP contribution in [0, 0.1) is 11.7 Å². The van der Waals surface area contributed by atoms with Crippen LogP contribution in [0.3, 0.4) is 0 Å². The molecule has 2 fully saturated rings. The molecule has 0 unspecified atom stereocenters. The number of halogens is 1. The van der Waals surface area contributed by atoms with Gasteiger partial charge < -0.3 is 10.2 Å². The highest BCUT2D eigenvalue weighted by atomic mass is 19.1. The number of piperidine rings is 1. The van der Waals surface area contributed by atoms with E-state index in [1.807, 2.05) is 4.90 Å². The molecule has 0 radical (unpaired) electrons. The molecule has 6 heteroatoms. The lowest BCUT2D eigenvalue weighted by Crippen LogP contribution is -2.45. The van der Waals surface area contributed by atoms with Crippen molar-refractivity contribution in [1.82, 2.24) is 20.4 Å². The number of amides is 1. The van der Waals surface area contributed by atoms with Crippen LogP contribution < -0.4 is 5.32 Å². The number of aromatic nitrogens is 2. The molecule has 1 saturated heterocycles. The van der Waals surface area contributed by atoms with Gasteiger partial charge in [0.2, 0.25) is 0 Å². The number of likely N-dealkylation sites (tertiary alicyclic amines) is 1. The molecule has 0 atom stereocenters. The van der Waals surface area contributed by atoms with Gasteiger partial charge in [-0.1, -0.05) is 0 Å². The summed E-state index contributed by atoms with van der Waals surface area (Å²) in [6.45, 7) is 2.64. The Morgan fingerprint density at radius 1 is 1.20 bits per heavy atom. The molecule has 4 rings (SSSR count). The first-order chi connectivity index (χ1) is 12.2. The van der Waals surface area contributed by atoms with Crippen molar-refractivity contribution in [3.05, 3.63) is 41.8 Å². The summed E-state index contributed by atoms with van der Waals surface area (Å²) in [6, 6.07) is 6.62. The first-order valence-electron chi connectivity index (χ1n) is 9.02. The molecule has 2 aliphatic rings. The Labute approximate surface area is 146 Å². The molecule has 0 spiro atoms. The maximum atomic E-state index is 13.1. The lowest BCUT2D eigenvalue weighted by molar-refractivity contribution is 0.0706. The maximum absolute atomic E-state index is 13.1. The van der Waals surface area contributed by atoms with E-state index in [1.54, 1.807) is 18.3 Å². The zero-order valence-corrected chi connectivity index (χ0v) is 14.2. The fraction of sp³-hybridized carbons (Fsp3) is 0.474. The number of carbonyl (C=O) groups is 1. The van der Waals surface area contributed by atoms with E-state index in [4.69, 9.17) is 0 Å². The van der Waals surface area contributed by atoms with Crippen molar-refractivity contribution in [2.75, 3.05) is 19.6 Å². The SMILES string of the molecule is O=C(c1cn[nH]c1-c1ccc(F)cc1)N1CCC(NCC2CC2)CC1. The lowest BCUT2D eigenvalue weighted by Gasteiger charge is -2.32. The second-order valence-corrected chi connectivity index (χ2v) is 7.08. The van der Waals surface area contributed by atoms with Crippen LogP contribution in [0.4, 0.5) is 4.39 Å². The number of carbonyl (C=O) groups excluding carboxylic acids is 1. The fourth-order valence-electron chi connectivity index (χ4n) is 3.40. The Balaban J connectivity index is 1.40.